The van der Waals surface area contributed by atoms with Gasteiger partial charge in [0.25, 0.3) is 0 Å². The molecular weight excluding hydrogens is 488 g/mol. The molecule has 2 fully saturated rings. The number of amides is 1. The lowest BCUT2D eigenvalue weighted by Crippen LogP contribution is -2.56. The number of hydrogen-bond acceptors (Lipinski definition) is 7. The van der Waals surface area contributed by atoms with E-state index in [-0.39, 0.29) is 11.9 Å². The molecule has 1 atom stereocenters. The lowest BCUT2D eigenvalue weighted by molar-refractivity contribution is -0.129. The molecule has 0 bridgehead atoms. The van der Waals surface area contributed by atoms with E-state index >= 15 is 0 Å². The van der Waals surface area contributed by atoms with Crippen LogP contribution < -0.4 is 15.0 Å². The number of aromatic nitrogens is 1. The zero-order valence-corrected chi connectivity index (χ0v) is 22.2. The van der Waals surface area contributed by atoms with Gasteiger partial charge in [-0.2, -0.15) is 5.26 Å². The van der Waals surface area contributed by atoms with Crippen LogP contribution in [-0.4, -0.2) is 72.6 Å². The smallest absolute Gasteiger partial charge is 0.246 e. The number of anilines is 2. The van der Waals surface area contributed by atoms with Gasteiger partial charge in [0.05, 0.1) is 34.7 Å². The summed E-state index contributed by atoms with van der Waals surface area (Å²) in [5.74, 6) is 0.297. The summed E-state index contributed by atoms with van der Waals surface area (Å²) >= 11 is 6.60. The highest BCUT2D eigenvalue weighted by Crippen LogP contribution is 2.38. The van der Waals surface area contributed by atoms with Crippen molar-refractivity contribution in [2.75, 3.05) is 50.1 Å². The van der Waals surface area contributed by atoms with Gasteiger partial charge in [-0.1, -0.05) is 30.3 Å². The van der Waals surface area contributed by atoms with Gasteiger partial charge in [-0.05, 0) is 57.5 Å². The highest BCUT2D eigenvalue weighted by Gasteiger charge is 2.33. The van der Waals surface area contributed by atoms with Gasteiger partial charge in [0.2, 0.25) is 11.8 Å². The molecule has 0 radical (unpaired) electrons. The first kappa shape index (κ1) is 25.4. The minimum Gasteiger partial charge on any atom is -0.475 e. The second-order valence-corrected chi connectivity index (χ2v) is 10.6. The van der Waals surface area contributed by atoms with Crippen LogP contribution in [0.3, 0.4) is 0 Å². The summed E-state index contributed by atoms with van der Waals surface area (Å²) in [7, 11) is 2.11. The third-order valence-electron chi connectivity index (χ3n) is 7.74. The van der Waals surface area contributed by atoms with Crippen molar-refractivity contribution in [2.24, 2.45) is 0 Å². The molecule has 1 amide bonds. The van der Waals surface area contributed by atoms with E-state index < -0.39 is 0 Å². The van der Waals surface area contributed by atoms with E-state index in [1.165, 1.54) is 6.08 Å². The predicted octanol–water partition coefficient (Wildman–Crippen LogP) is 3.76. The third-order valence-corrected chi connectivity index (χ3v) is 8.04. The number of likely N-dealkylation sites (N-methyl/N-ethyl adjacent to an activating group) is 1. The number of carbonyl (C=O) groups is 1. The fourth-order valence-electron chi connectivity index (χ4n) is 5.58. The Hall–Kier alpha value is -3.28. The van der Waals surface area contributed by atoms with Crippen LogP contribution in [0.1, 0.15) is 35.2 Å². The summed E-state index contributed by atoms with van der Waals surface area (Å²) in [5.41, 5.74) is 5.29. The number of fused-ring (bicyclic) bond motifs is 1. The Kier molecular flexibility index (Phi) is 7.27. The van der Waals surface area contributed by atoms with E-state index in [1.54, 1.807) is 4.90 Å². The maximum absolute atomic E-state index is 11.9. The lowest BCUT2D eigenvalue weighted by atomic mass is 9.97. The molecule has 3 aliphatic rings. The van der Waals surface area contributed by atoms with E-state index in [9.17, 15) is 10.1 Å². The normalized spacial score (nSPS) is 19.7. The number of hydrogen-bond donors (Lipinski definition) is 1. The Balaban J connectivity index is 1.46. The first-order valence-corrected chi connectivity index (χ1v) is 13.2. The van der Waals surface area contributed by atoms with Crippen LogP contribution in [0.25, 0.3) is 0 Å². The minimum absolute atomic E-state index is 0.0557. The van der Waals surface area contributed by atoms with Crippen molar-refractivity contribution in [1.82, 2.24) is 14.8 Å². The molecular formula is C28H33ClN6O2. The largest absolute Gasteiger partial charge is 0.475 e. The molecule has 37 heavy (non-hydrogen) atoms. The van der Waals surface area contributed by atoms with Gasteiger partial charge in [0.1, 0.15) is 18.2 Å². The number of nitrogens with one attached hydrogen (secondary N) is 1. The number of ether oxygens (including phenoxy) is 1. The topological polar surface area (TPSA) is 84.7 Å². The van der Waals surface area contributed by atoms with E-state index in [1.807, 2.05) is 12.1 Å². The fraction of sp³-hybridized carbons (Fsp3) is 0.464. The quantitative estimate of drug-likeness (QED) is 0.556. The molecule has 2 aromatic rings. The average molecular weight is 521 g/mol. The first-order valence-electron chi connectivity index (χ1n) is 12.9. The van der Waals surface area contributed by atoms with Crippen molar-refractivity contribution in [2.45, 2.75) is 44.8 Å². The second kappa shape index (κ2) is 10.6. The summed E-state index contributed by atoms with van der Waals surface area (Å²) in [5, 5.41) is 14.5. The van der Waals surface area contributed by atoms with Gasteiger partial charge >= 0.3 is 0 Å². The second-order valence-electron chi connectivity index (χ2n) is 10.2. The molecule has 1 N–H and O–H groups in total. The molecule has 0 spiro atoms. The zero-order valence-electron chi connectivity index (χ0n) is 21.5. The Bertz CT molecular complexity index is 1230. The summed E-state index contributed by atoms with van der Waals surface area (Å²) in [6.45, 7) is 9.66. The van der Waals surface area contributed by atoms with Gasteiger partial charge in [-0.3, -0.25) is 4.79 Å². The van der Waals surface area contributed by atoms with Gasteiger partial charge in [-0.15, -0.1) is 0 Å². The summed E-state index contributed by atoms with van der Waals surface area (Å²) < 4.78 is 6.25. The highest BCUT2D eigenvalue weighted by molar-refractivity contribution is 6.33. The van der Waals surface area contributed by atoms with Crippen LogP contribution in [0.15, 0.2) is 30.9 Å². The van der Waals surface area contributed by atoms with Crippen molar-refractivity contribution in [3.63, 3.8) is 0 Å². The minimum atomic E-state index is -0.0780. The van der Waals surface area contributed by atoms with Crippen molar-refractivity contribution >= 4 is 28.9 Å². The molecule has 1 aromatic carbocycles. The number of nitriles is 1. The molecule has 3 aliphatic heterocycles. The number of halogens is 1. The van der Waals surface area contributed by atoms with Crippen molar-refractivity contribution < 1.29 is 9.53 Å². The van der Waals surface area contributed by atoms with E-state index in [0.717, 1.165) is 65.6 Å². The standard InChI is InChI=1S/C28H33ClN6O2/c1-4-25(36)35-14-19(15-35)31-26-21-10-12-34(27-18(2)7-5-9-23(27)29)16-24(21)32-28(22(26)13-30)37-17-20-8-6-11-33(20)3/h4-5,7,9,19-20H,1,6,8,10-12,14-17H2,2-3H3,(H,31,32). The predicted molar refractivity (Wildman–Crippen MR) is 145 cm³/mol. The van der Waals surface area contributed by atoms with Crippen LogP contribution >= 0.6 is 11.6 Å². The van der Waals surface area contributed by atoms with Crippen molar-refractivity contribution in [3.8, 4) is 11.9 Å². The number of pyridine rings is 1. The Morgan fingerprint density at radius 1 is 1.38 bits per heavy atom. The van der Waals surface area contributed by atoms with Crippen molar-refractivity contribution in [3.05, 3.63) is 58.3 Å². The Labute approximate surface area is 223 Å². The summed E-state index contributed by atoms with van der Waals surface area (Å²) in [4.78, 5) is 23.1. The van der Waals surface area contributed by atoms with Crippen LogP contribution in [-0.2, 0) is 17.8 Å². The van der Waals surface area contributed by atoms with Gasteiger partial charge in [0, 0.05) is 31.2 Å². The number of nitrogens with zero attached hydrogens (tertiary/aromatic N) is 5. The van der Waals surface area contributed by atoms with Crippen LogP contribution in [0.4, 0.5) is 11.4 Å². The number of aryl methyl sites for hydroxylation is 1. The highest BCUT2D eigenvalue weighted by atomic mass is 35.5. The molecule has 1 aromatic heterocycles. The van der Waals surface area contributed by atoms with E-state index in [0.29, 0.717) is 43.7 Å². The molecule has 9 heteroatoms. The number of carbonyl (C=O) groups excluding carboxylic acids is 1. The zero-order chi connectivity index (χ0) is 26.1. The lowest BCUT2D eigenvalue weighted by Gasteiger charge is -2.41. The number of para-hydroxylation sites is 1. The molecule has 8 nitrogen and oxygen atoms in total. The molecule has 194 valence electrons. The number of rotatable bonds is 7. The molecule has 5 rings (SSSR count). The average Bonchev–Trinajstić information content (AvgIpc) is 3.28. The maximum atomic E-state index is 11.9. The molecule has 4 heterocycles. The maximum Gasteiger partial charge on any atom is 0.246 e. The first-order chi connectivity index (χ1) is 17.9. The number of likely N-dealkylation sites (tertiary alicyclic amines) is 2. The fourth-order valence-corrected chi connectivity index (χ4v) is 5.93. The van der Waals surface area contributed by atoms with Crippen LogP contribution in [0, 0.1) is 18.3 Å². The Morgan fingerprint density at radius 2 is 2.19 bits per heavy atom. The summed E-state index contributed by atoms with van der Waals surface area (Å²) in [6, 6.07) is 8.68. The van der Waals surface area contributed by atoms with E-state index in [4.69, 9.17) is 21.3 Å². The SMILES string of the molecule is C=CC(=O)N1CC(Nc2c(C#N)c(OCC3CCCN3C)nc3c2CCN(c2c(C)cccc2Cl)C3)C1. The number of benzene rings is 1. The monoisotopic (exact) mass is 520 g/mol. The van der Waals surface area contributed by atoms with Gasteiger partial charge in [-0.25, -0.2) is 4.98 Å². The third kappa shape index (κ3) is 4.98. The molecule has 0 aliphatic carbocycles. The van der Waals surface area contributed by atoms with Gasteiger partial charge in [0.15, 0.2) is 0 Å². The van der Waals surface area contributed by atoms with Gasteiger partial charge < -0.3 is 24.8 Å². The molecule has 2 saturated heterocycles. The van der Waals surface area contributed by atoms with Crippen molar-refractivity contribution in [1.29, 1.82) is 5.26 Å². The van der Waals surface area contributed by atoms with Crippen LogP contribution in [0.5, 0.6) is 5.88 Å². The molecule has 0 saturated carbocycles. The van der Waals surface area contributed by atoms with Crippen LogP contribution in [0.2, 0.25) is 5.02 Å². The summed E-state index contributed by atoms with van der Waals surface area (Å²) in [6.07, 6.45) is 4.28. The van der Waals surface area contributed by atoms with E-state index in [2.05, 4.69) is 47.8 Å². The molecule has 1 unspecified atom stereocenters. The Morgan fingerprint density at radius 3 is 2.86 bits per heavy atom.